The molecule has 0 saturated heterocycles. The zero-order valence-electron chi connectivity index (χ0n) is 16.1. The molecule has 1 aromatic heterocycles. The summed E-state index contributed by atoms with van der Waals surface area (Å²) < 4.78 is 37.6. The number of esters is 1. The van der Waals surface area contributed by atoms with Crippen LogP contribution in [0.3, 0.4) is 0 Å². The van der Waals surface area contributed by atoms with E-state index < -0.39 is 22.1 Å². The molecule has 3 rings (SSSR count). The Labute approximate surface area is 169 Å². The maximum atomic E-state index is 12.5. The van der Waals surface area contributed by atoms with Crippen molar-refractivity contribution in [2.75, 3.05) is 0 Å². The topological polar surface area (TPSA) is 115 Å². The highest BCUT2D eigenvalue weighted by molar-refractivity contribution is 7.89. The average Bonchev–Trinajstić information content (AvgIpc) is 3.40. The Balaban J connectivity index is 1.61. The molecule has 156 valence electrons. The first-order chi connectivity index (χ1) is 13.8. The second-order valence-corrected chi connectivity index (χ2v) is 8.74. The van der Waals surface area contributed by atoms with Crippen molar-refractivity contribution in [2.24, 2.45) is 0 Å². The van der Waals surface area contributed by atoms with Crippen LogP contribution in [0.2, 0.25) is 0 Å². The van der Waals surface area contributed by atoms with Gasteiger partial charge >= 0.3 is 5.97 Å². The normalized spacial score (nSPS) is 15.8. The Morgan fingerprint density at radius 1 is 1.21 bits per heavy atom. The second kappa shape index (κ2) is 9.23. The Kier molecular flexibility index (Phi) is 6.71. The van der Waals surface area contributed by atoms with Gasteiger partial charge in [-0.1, -0.05) is 18.9 Å². The first-order valence-electron chi connectivity index (χ1n) is 9.48. The Morgan fingerprint density at radius 3 is 2.66 bits per heavy atom. The molecule has 8 nitrogen and oxygen atoms in total. The van der Waals surface area contributed by atoms with Gasteiger partial charge in [-0.05, 0) is 50.1 Å². The molecule has 0 unspecified atom stereocenters. The zero-order valence-corrected chi connectivity index (χ0v) is 16.9. The maximum Gasteiger partial charge on any atom is 0.338 e. The fourth-order valence-electron chi connectivity index (χ4n) is 3.12. The summed E-state index contributed by atoms with van der Waals surface area (Å²) in [5.41, 5.74) is 0.0476. The lowest BCUT2D eigenvalue weighted by Crippen LogP contribution is -2.40. The molecule has 0 radical (unpaired) electrons. The number of hydrogen-bond acceptors (Lipinski definition) is 6. The minimum Gasteiger partial charge on any atom is -0.468 e. The van der Waals surface area contributed by atoms with Gasteiger partial charge in [-0.2, -0.15) is 0 Å². The van der Waals surface area contributed by atoms with Crippen molar-refractivity contribution in [2.45, 2.75) is 56.2 Å². The minimum atomic E-state index is -3.85. The van der Waals surface area contributed by atoms with Gasteiger partial charge in [-0.25, -0.2) is 17.9 Å². The predicted octanol–water partition coefficient (Wildman–Crippen LogP) is 2.36. The molecule has 1 heterocycles. The number of benzene rings is 1. The van der Waals surface area contributed by atoms with Crippen LogP contribution in [0.4, 0.5) is 0 Å². The third-order valence-corrected chi connectivity index (χ3v) is 6.15. The number of carbonyl (C=O) groups is 2. The van der Waals surface area contributed by atoms with E-state index in [1.165, 1.54) is 37.5 Å². The highest BCUT2D eigenvalue weighted by Gasteiger charge is 2.24. The zero-order chi connectivity index (χ0) is 20.9. The first-order valence-corrected chi connectivity index (χ1v) is 11.0. The van der Waals surface area contributed by atoms with E-state index in [1.807, 2.05) is 0 Å². The van der Waals surface area contributed by atoms with Gasteiger partial charge in [-0.3, -0.25) is 4.79 Å². The summed E-state index contributed by atoms with van der Waals surface area (Å²) in [4.78, 5) is 24.5. The van der Waals surface area contributed by atoms with Gasteiger partial charge in [0.15, 0.2) is 6.10 Å². The molecule has 2 N–H and O–H groups in total. The highest BCUT2D eigenvalue weighted by Crippen LogP contribution is 2.18. The van der Waals surface area contributed by atoms with E-state index in [-0.39, 0.29) is 29.0 Å². The number of hydrogen-bond donors (Lipinski definition) is 2. The molecule has 1 aliphatic carbocycles. The van der Waals surface area contributed by atoms with Crippen molar-refractivity contribution < 1.29 is 27.2 Å². The van der Waals surface area contributed by atoms with Crippen molar-refractivity contribution in [3.63, 3.8) is 0 Å². The maximum absolute atomic E-state index is 12.5. The molecule has 29 heavy (non-hydrogen) atoms. The molecule has 0 aliphatic heterocycles. The Hall–Kier alpha value is -2.65. The summed E-state index contributed by atoms with van der Waals surface area (Å²) in [6.07, 6.45) is 4.49. The van der Waals surface area contributed by atoms with Gasteiger partial charge < -0.3 is 14.5 Å². The van der Waals surface area contributed by atoms with Gasteiger partial charge in [0.25, 0.3) is 5.91 Å². The number of furan rings is 1. The van der Waals surface area contributed by atoms with Crippen LogP contribution in [0, 0.1) is 0 Å². The van der Waals surface area contributed by atoms with Crippen LogP contribution < -0.4 is 10.0 Å². The molecule has 1 saturated carbocycles. The van der Waals surface area contributed by atoms with Crippen LogP contribution in [0.1, 0.15) is 48.7 Å². The van der Waals surface area contributed by atoms with Gasteiger partial charge in [0.05, 0.1) is 23.3 Å². The Bertz CT molecular complexity index is 949. The van der Waals surface area contributed by atoms with E-state index in [0.717, 1.165) is 25.7 Å². The molecule has 1 amide bonds. The Morgan fingerprint density at radius 2 is 1.97 bits per heavy atom. The van der Waals surface area contributed by atoms with Gasteiger partial charge in [0.2, 0.25) is 10.0 Å². The van der Waals surface area contributed by atoms with Crippen LogP contribution in [-0.2, 0) is 26.1 Å². The summed E-state index contributed by atoms with van der Waals surface area (Å²) in [5, 5.41) is 2.87. The lowest BCUT2D eigenvalue weighted by Gasteiger charge is -2.17. The molecule has 1 aromatic carbocycles. The molecule has 1 aliphatic rings. The van der Waals surface area contributed by atoms with E-state index in [0.29, 0.717) is 5.76 Å². The monoisotopic (exact) mass is 420 g/mol. The number of amides is 1. The van der Waals surface area contributed by atoms with Gasteiger partial charge in [0, 0.05) is 6.04 Å². The molecule has 0 spiro atoms. The molecular weight excluding hydrogens is 396 g/mol. The lowest BCUT2D eigenvalue weighted by atomic mass is 10.2. The van der Waals surface area contributed by atoms with Crippen LogP contribution >= 0.6 is 0 Å². The van der Waals surface area contributed by atoms with Crippen molar-refractivity contribution in [1.82, 2.24) is 10.0 Å². The number of sulfonamides is 1. The summed E-state index contributed by atoms with van der Waals surface area (Å²) in [6, 6.07) is 8.90. The smallest absolute Gasteiger partial charge is 0.338 e. The minimum absolute atomic E-state index is 0.0115. The van der Waals surface area contributed by atoms with Crippen molar-refractivity contribution in [1.29, 1.82) is 0 Å². The third kappa shape index (κ3) is 5.68. The van der Waals surface area contributed by atoms with Gasteiger partial charge in [0.1, 0.15) is 5.76 Å². The summed E-state index contributed by atoms with van der Waals surface area (Å²) in [6.45, 7) is 1.48. The molecule has 9 heteroatoms. The fraction of sp³-hybridized carbons (Fsp3) is 0.400. The molecule has 1 atom stereocenters. The van der Waals surface area contributed by atoms with Gasteiger partial charge in [-0.15, -0.1) is 0 Å². The number of carbonyl (C=O) groups excluding carboxylic acids is 2. The number of nitrogens with one attached hydrogen (secondary N) is 2. The predicted molar refractivity (Wildman–Crippen MR) is 104 cm³/mol. The third-order valence-electron chi connectivity index (χ3n) is 4.75. The van der Waals surface area contributed by atoms with E-state index in [1.54, 1.807) is 12.1 Å². The first kappa shape index (κ1) is 21.1. The van der Waals surface area contributed by atoms with E-state index in [4.69, 9.17) is 9.15 Å². The quantitative estimate of drug-likeness (QED) is 0.634. The van der Waals surface area contributed by atoms with E-state index in [9.17, 15) is 18.0 Å². The summed E-state index contributed by atoms with van der Waals surface area (Å²) in [7, 11) is -3.85. The standard InChI is InChI=1S/C20H24N2O6S/c1-14(19(23)22-16-7-2-3-8-16)28-20(24)15-6-4-10-18(12-15)29(25,26)21-13-17-9-5-11-27-17/h4-6,9-12,14,16,21H,2-3,7-8,13H2,1H3,(H,22,23)/t14-/m0/s1. The van der Waals surface area contributed by atoms with Crippen LogP contribution in [0.15, 0.2) is 52.0 Å². The molecule has 0 bridgehead atoms. The largest absolute Gasteiger partial charge is 0.468 e. The van der Waals surface area contributed by atoms with Crippen molar-refractivity contribution in [3.8, 4) is 0 Å². The van der Waals surface area contributed by atoms with Crippen LogP contribution in [-0.4, -0.2) is 32.4 Å². The summed E-state index contributed by atoms with van der Waals surface area (Å²) in [5.74, 6) is -0.650. The lowest BCUT2D eigenvalue weighted by molar-refractivity contribution is -0.129. The van der Waals surface area contributed by atoms with E-state index in [2.05, 4.69) is 10.0 Å². The van der Waals surface area contributed by atoms with Crippen molar-refractivity contribution in [3.05, 3.63) is 54.0 Å². The highest BCUT2D eigenvalue weighted by atomic mass is 32.2. The molecular formula is C20H24N2O6S. The van der Waals surface area contributed by atoms with Crippen LogP contribution in [0.25, 0.3) is 0 Å². The molecule has 2 aromatic rings. The second-order valence-electron chi connectivity index (χ2n) is 6.97. The number of ether oxygens (including phenoxy) is 1. The SMILES string of the molecule is C[C@H](OC(=O)c1cccc(S(=O)(=O)NCc2ccco2)c1)C(=O)NC1CCCC1. The van der Waals surface area contributed by atoms with Crippen LogP contribution in [0.5, 0.6) is 0 Å². The number of rotatable bonds is 8. The average molecular weight is 420 g/mol. The fourth-order valence-corrected chi connectivity index (χ4v) is 4.16. The van der Waals surface area contributed by atoms with Crippen molar-refractivity contribution >= 4 is 21.9 Å². The molecule has 1 fully saturated rings. The summed E-state index contributed by atoms with van der Waals surface area (Å²) >= 11 is 0. The van der Waals surface area contributed by atoms with E-state index >= 15 is 0 Å².